The van der Waals surface area contributed by atoms with E-state index in [2.05, 4.69) is 4.98 Å². The first-order valence-electron chi connectivity index (χ1n) is 9.30. The van der Waals surface area contributed by atoms with Gasteiger partial charge in [0.25, 0.3) is 0 Å². The van der Waals surface area contributed by atoms with Crippen LogP contribution < -0.4 is 4.74 Å². The molecular weight excluding hydrogens is 355 g/mol. The molecule has 0 N–H and O–H groups in total. The zero-order valence-electron chi connectivity index (χ0n) is 15.6. The largest absolute Gasteiger partial charge is 0.491 e. The predicted molar refractivity (Wildman–Crippen MR) is 105 cm³/mol. The first kappa shape index (κ1) is 18.2. The molecule has 4 rings (SSSR count). The maximum absolute atomic E-state index is 13.6. The van der Waals surface area contributed by atoms with E-state index in [1.54, 1.807) is 18.5 Å². The van der Waals surface area contributed by atoms with Crippen molar-refractivity contribution in [3.63, 3.8) is 0 Å². The number of carbonyl (C=O) groups is 1. The summed E-state index contributed by atoms with van der Waals surface area (Å²) >= 11 is 0. The van der Waals surface area contributed by atoms with E-state index in [-0.39, 0.29) is 17.8 Å². The molecule has 2 aromatic carbocycles. The van der Waals surface area contributed by atoms with Crippen LogP contribution in [0.25, 0.3) is 11.1 Å². The number of ether oxygens (including phenoxy) is 1. The molecule has 1 aliphatic rings. The Morgan fingerprint density at radius 3 is 2.82 bits per heavy atom. The zero-order valence-corrected chi connectivity index (χ0v) is 15.6. The molecule has 2 heterocycles. The second kappa shape index (κ2) is 7.80. The summed E-state index contributed by atoms with van der Waals surface area (Å²) in [4.78, 5) is 18.9. The molecule has 0 bridgehead atoms. The molecule has 4 nitrogen and oxygen atoms in total. The van der Waals surface area contributed by atoms with Gasteiger partial charge in [0.2, 0.25) is 5.91 Å². The Labute approximate surface area is 163 Å². The van der Waals surface area contributed by atoms with E-state index in [0.29, 0.717) is 19.6 Å². The first-order valence-corrected chi connectivity index (χ1v) is 9.30. The van der Waals surface area contributed by atoms with Crippen molar-refractivity contribution in [1.82, 2.24) is 9.88 Å². The molecule has 5 heteroatoms. The van der Waals surface area contributed by atoms with Crippen molar-refractivity contribution in [2.45, 2.75) is 25.9 Å². The summed E-state index contributed by atoms with van der Waals surface area (Å²) < 4.78 is 19.5. The van der Waals surface area contributed by atoms with Crippen LogP contribution in [0.1, 0.15) is 18.1 Å². The second-order valence-corrected chi connectivity index (χ2v) is 7.05. The monoisotopic (exact) mass is 376 g/mol. The third-order valence-corrected chi connectivity index (χ3v) is 4.97. The number of pyridine rings is 1. The third-order valence-electron chi connectivity index (χ3n) is 4.97. The van der Waals surface area contributed by atoms with E-state index in [1.165, 1.54) is 12.1 Å². The lowest BCUT2D eigenvalue weighted by molar-refractivity contribution is -0.133. The summed E-state index contributed by atoms with van der Waals surface area (Å²) in [5.41, 5.74) is 3.51. The lowest BCUT2D eigenvalue weighted by Gasteiger charge is -2.26. The molecule has 0 saturated carbocycles. The average Bonchev–Trinajstić information content (AvgIpc) is 2.87. The van der Waals surface area contributed by atoms with Crippen molar-refractivity contribution in [3.8, 4) is 16.9 Å². The fourth-order valence-corrected chi connectivity index (χ4v) is 3.44. The normalized spacial score (nSPS) is 16.1. The maximum atomic E-state index is 13.6. The lowest BCUT2D eigenvalue weighted by Crippen LogP contribution is -2.40. The molecule has 0 spiro atoms. The van der Waals surface area contributed by atoms with Crippen LogP contribution in [0.5, 0.6) is 5.75 Å². The van der Waals surface area contributed by atoms with Crippen LogP contribution in [0, 0.1) is 5.82 Å². The molecular formula is C23H21FN2O2. The van der Waals surface area contributed by atoms with Crippen molar-refractivity contribution in [2.75, 3.05) is 6.61 Å². The van der Waals surface area contributed by atoms with Crippen LogP contribution >= 0.6 is 0 Å². The number of halogens is 1. The van der Waals surface area contributed by atoms with Gasteiger partial charge in [0.1, 0.15) is 18.2 Å². The van der Waals surface area contributed by atoms with E-state index >= 15 is 0 Å². The summed E-state index contributed by atoms with van der Waals surface area (Å²) in [6, 6.07) is 16.0. The summed E-state index contributed by atoms with van der Waals surface area (Å²) in [7, 11) is 0. The highest BCUT2D eigenvalue weighted by atomic mass is 19.1. The van der Waals surface area contributed by atoms with Crippen LogP contribution in [0.15, 0.2) is 67.0 Å². The number of amides is 1. The highest BCUT2D eigenvalue weighted by Crippen LogP contribution is 2.31. The summed E-state index contributed by atoms with van der Waals surface area (Å²) in [5, 5.41) is 0. The number of hydrogen-bond acceptors (Lipinski definition) is 3. The molecule has 0 unspecified atom stereocenters. The van der Waals surface area contributed by atoms with Crippen LogP contribution in [-0.4, -0.2) is 28.4 Å². The van der Waals surface area contributed by atoms with Gasteiger partial charge in [0, 0.05) is 24.5 Å². The molecule has 28 heavy (non-hydrogen) atoms. The molecule has 0 aliphatic carbocycles. The molecule has 1 aliphatic heterocycles. The highest BCUT2D eigenvalue weighted by molar-refractivity contribution is 5.79. The fraction of sp³-hybridized carbons (Fsp3) is 0.217. The van der Waals surface area contributed by atoms with E-state index in [0.717, 1.165) is 28.0 Å². The number of aromatic nitrogens is 1. The smallest absolute Gasteiger partial charge is 0.227 e. The van der Waals surface area contributed by atoms with Gasteiger partial charge >= 0.3 is 0 Å². The minimum atomic E-state index is -0.273. The van der Waals surface area contributed by atoms with Crippen molar-refractivity contribution < 1.29 is 13.9 Å². The van der Waals surface area contributed by atoms with Gasteiger partial charge in [-0.15, -0.1) is 0 Å². The van der Waals surface area contributed by atoms with Gasteiger partial charge in [0.05, 0.1) is 12.5 Å². The van der Waals surface area contributed by atoms with Gasteiger partial charge in [-0.25, -0.2) is 4.39 Å². The summed E-state index contributed by atoms with van der Waals surface area (Å²) in [5.74, 6) is 0.530. The maximum Gasteiger partial charge on any atom is 0.227 e. The van der Waals surface area contributed by atoms with Crippen LogP contribution in [0.2, 0.25) is 0 Å². The predicted octanol–water partition coefficient (Wildman–Crippen LogP) is 4.24. The molecule has 1 aromatic heterocycles. The topological polar surface area (TPSA) is 42.4 Å². The molecule has 142 valence electrons. The minimum Gasteiger partial charge on any atom is -0.491 e. The lowest BCUT2D eigenvalue weighted by atomic mass is 10.0. The third kappa shape index (κ3) is 3.88. The Hall–Kier alpha value is -3.21. The van der Waals surface area contributed by atoms with Crippen LogP contribution in [0.3, 0.4) is 0 Å². The van der Waals surface area contributed by atoms with Crippen molar-refractivity contribution in [2.24, 2.45) is 0 Å². The van der Waals surface area contributed by atoms with E-state index < -0.39 is 0 Å². The Bertz CT molecular complexity index is 991. The number of carbonyl (C=O) groups excluding carboxylic acids is 1. The summed E-state index contributed by atoms with van der Waals surface area (Å²) in [6.45, 7) is 2.88. The van der Waals surface area contributed by atoms with E-state index in [9.17, 15) is 9.18 Å². The second-order valence-electron chi connectivity index (χ2n) is 7.05. The van der Waals surface area contributed by atoms with Crippen molar-refractivity contribution in [3.05, 3.63) is 83.9 Å². The Morgan fingerprint density at radius 2 is 2.04 bits per heavy atom. The number of rotatable bonds is 3. The molecule has 1 amide bonds. The highest BCUT2D eigenvalue weighted by Gasteiger charge is 2.26. The zero-order chi connectivity index (χ0) is 19.5. The SMILES string of the molecule is C[C@H]1COc2ccc(-c3cccc(F)c3)cc2CN1C(=O)Cc1cccnc1. The molecule has 0 saturated heterocycles. The van der Waals surface area contributed by atoms with Gasteiger partial charge in [-0.1, -0.05) is 24.3 Å². The van der Waals surface area contributed by atoms with E-state index in [1.807, 2.05) is 48.2 Å². The number of fused-ring (bicyclic) bond motifs is 1. The molecule has 1 atom stereocenters. The minimum absolute atomic E-state index is 0.0353. The van der Waals surface area contributed by atoms with Gasteiger partial charge in [-0.3, -0.25) is 9.78 Å². The number of hydrogen-bond donors (Lipinski definition) is 0. The molecule has 3 aromatic rings. The standard InChI is InChI=1S/C23H21FN2O2/c1-16-15-28-22-8-7-19(18-5-2-6-21(24)12-18)11-20(22)14-26(16)23(27)10-17-4-3-9-25-13-17/h2-9,11-13,16H,10,14-15H2,1H3/t16-/m0/s1. The number of nitrogens with zero attached hydrogens (tertiary/aromatic N) is 2. The first-order chi connectivity index (χ1) is 13.6. The van der Waals surface area contributed by atoms with Gasteiger partial charge in [-0.2, -0.15) is 0 Å². The van der Waals surface area contributed by atoms with Crippen LogP contribution in [0.4, 0.5) is 4.39 Å². The average molecular weight is 376 g/mol. The fourth-order valence-electron chi connectivity index (χ4n) is 3.44. The quantitative estimate of drug-likeness (QED) is 0.687. The van der Waals surface area contributed by atoms with Gasteiger partial charge in [-0.05, 0) is 53.9 Å². The van der Waals surface area contributed by atoms with Gasteiger partial charge < -0.3 is 9.64 Å². The van der Waals surface area contributed by atoms with Gasteiger partial charge in [0.15, 0.2) is 0 Å². The van der Waals surface area contributed by atoms with E-state index in [4.69, 9.17) is 4.74 Å². The summed E-state index contributed by atoms with van der Waals surface area (Å²) in [6.07, 6.45) is 3.71. The Kier molecular flexibility index (Phi) is 5.06. The molecule has 0 fully saturated rings. The molecule has 0 radical (unpaired) electrons. The van der Waals surface area contributed by atoms with Crippen LogP contribution in [-0.2, 0) is 17.8 Å². The number of benzene rings is 2. The van der Waals surface area contributed by atoms with Crippen molar-refractivity contribution in [1.29, 1.82) is 0 Å². The Morgan fingerprint density at radius 1 is 1.18 bits per heavy atom. The van der Waals surface area contributed by atoms with Crippen molar-refractivity contribution >= 4 is 5.91 Å². The Balaban J connectivity index is 1.61.